The van der Waals surface area contributed by atoms with Crippen molar-refractivity contribution in [1.82, 2.24) is 10.2 Å². The van der Waals surface area contributed by atoms with Crippen LogP contribution in [0.3, 0.4) is 0 Å². The van der Waals surface area contributed by atoms with Gasteiger partial charge in [-0.1, -0.05) is 19.4 Å². The molecule has 1 N–H and O–H groups in total. The third kappa shape index (κ3) is 8.71. The fraction of sp³-hybridized carbons (Fsp3) is 0.625. The Morgan fingerprint density at radius 1 is 1.33 bits per heavy atom. The van der Waals surface area contributed by atoms with Gasteiger partial charge in [-0.25, -0.2) is 0 Å². The highest BCUT2D eigenvalue weighted by atomic mass is 19.4. The lowest BCUT2D eigenvalue weighted by Crippen LogP contribution is -2.47. The van der Waals surface area contributed by atoms with Gasteiger partial charge in [-0.15, -0.1) is 0 Å². The lowest BCUT2D eigenvalue weighted by atomic mass is 10.1. The summed E-state index contributed by atoms with van der Waals surface area (Å²) in [5, 5.41) is 2.28. The number of carbonyl (C=O) groups is 2. The maximum atomic E-state index is 12.4. The van der Waals surface area contributed by atoms with Crippen LogP contribution in [0.1, 0.15) is 34.1 Å². The van der Waals surface area contributed by atoms with Crippen LogP contribution in [-0.2, 0) is 14.3 Å². The van der Waals surface area contributed by atoms with Crippen LogP contribution in [0, 0.1) is 0 Å². The molecule has 0 radical (unpaired) electrons. The molecule has 0 aromatic rings. The average molecular weight is 350 g/mol. The summed E-state index contributed by atoms with van der Waals surface area (Å²) < 4.78 is 42.3. The van der Waals surface area contributed by atoms with Crippen molar-refractivity contribution in [2.75, 3.05) is 19.7 Å². The van der Waals surface area contributed by atoms with Crippen LogP contribution >= 0.6 is 0 Å². The zero-order valence-corrected chi connectivity index (χ0v) is 14.4. The zero-order valence-electron chi connectivity index (χ0n) is 14.4. The number of ether oxygens (including phenoxy) is 1. The van der Waals surface area contributed by atoms with Gasteiger partial charge in [0.15, 0.2) is 0 Å². The number of nitrogens with zero attached hydrogens (tertiary/aromatic N) is 1. The van der Waals surface area contributed by atoms with E-state index in [1.165, 1.54) is 11.1 Å². The van der Waals surface area contributed by atoms with Crippen molar-refractivity contribution in [3.05, 3.63) is 23.4 Å². The second-order valence-corrected chi connectivity index (χ2v) is 5.17. The maximum Gasteiger partial charge on any atom is 0.391 e. The molecule has 1 fully saturated rings. The molecule has 1 unspecified atom stereocenters. The molecule has 1 aliphatic rings. The molecule has 0 spiro atoms. The minimum atomic E-state index is -4.34. The highest BCUT2D eigenvalue weighted by molar-refractivity contribution is 5.96. The van der Waals surface area contributed by atoms with E-state index in [1.807, 2.05) is 13.8 Å². The fourth-order valence-corrected chi connectivity index (χ4v) is 2.07. The van der Waals surface area contributed by atoms with E-state index in [9.17, 15) is 22.8 Å². The summed E-state index contributed by atoms with van der Waals surface area (Å²) in [4.78, 5) is 24.0. The Kier molecular flexibility index (Phi) is 10.0. The number of rotatable bonds is 5. The molecule has 0 saturated carbocycles. The molecule has 0 bridgehead atoms. The quantitative estimate of drug-likeness (QED) is 0.471. The van der Waals surface area contributed by atoms with Gasteiger partial charge in [0, 0.05) is 19.3 Å². The Bertz CT molecular complexity index is 470. The van der Waals surface area contributed by atoms with Crippen molar-refractivity contribution in [2.45, 2.75) is 46.4 Å². The first kappa shape index (κ1) is 22.2. The van der Waals surface area contributed by atoms with Gasteiger partial charge < -0.3 is 15.0 Å². The molecule has 1 saturated heterocycles. The lowest BCUT2D eigenvalue weighted by molar-refractivity contribution is -0.173. The van der Waals surface area contributed by atoms with E-state index in [2.05, 4.69) is 5.32 Å². The van der Waals surface area contributed by atoms with E-state index in [4.69, 9.17) is 4.74 Å². The number of amides is 2. The van der Waals surface area contributed by atoms with Crippen LogP contribution in [0.25, 0.3) is 0 Å². The third-order valence-electron chi connectivity index (χ3n) is 2.88. The van der Waals surface area contributed by atoms with Gasteiger partial charge in [0.1, 0.15) is 0 Å². The highest BCUT2D eigenvalue weighted by Crippen LogP contribution is 2.25. The normalized spacial score (nSPS) is 18.2. The minimum Gasteiger partial charge on any atom is -0.374 e. The van der Waals surface area contributed by atoms with Gasteiger partial charge in [-0.3, -0.25) is 9.59 Å². The molecule has 0 aromatic carbocycles. The average Bonchev–Trinajstić information content (AvgIpc) is 2.51. The van der Waals surface area contributed by atoms with Crippen LogP contribution in [0.5, 0.6) is 0 Å². The van der Waals surface area contributed by atoms with E-state index in [1.54, 1.807) is 19.9 Å². The molecule has 2 amide bonds. The maximum absolute atomic E-state index is 12.4. The summed E-state index contributed by atoms with van der Waals surface area (Å²) in [6, 6.07) is 0. The Morgan fingerprint density at radius 2 is 1.96 bits per heavy atom. The standard InChI is InChI=1S/C14H19F3N2O3.C2H6/c1-10(2)5-11(7-18-9-20)13(21)19-3-4-22-12(8-19)6-14(15,16)17;1-2/h5,7,9,12H,3-4,6,8H2,1-2H3,(H,18,20);1-2H3/b11-7+;. The van der Waals surface area contributed by atoms with Crippen molar-refractivity contribution in [1.29, 1.82) is 0 Å². The van der Waals surface area contributed by atoms with Crippen LogP contribution in [0.4, 0.5) is 13.2 Å². The summed E-state index contributed by atoms with van der Waals surface area (Å²) in [7, 11) is 0. The first-order valence-corrected chi connectivity index (χ1v) is 7.75. The SMILES string of the molecule is CC.CC(C)=C/C(=C\NC=O)C(=O)N1CCOC(CC(F)(F)F)C1. The van der Waals surface area contributed by atoms with E-state index in [0.717, 1.165) is 5.57 Å². The van der Waals surface area contributed by atoms with E-state index in [-0.39, 0.29) is 25.3 Å². The van der Waals surface area contributed by atoms with Crippen molar-refractivity contribution in [2.24, 2.45) is 0 Å². The van der Waals surface area contributed by atoms with Gasteiger partial charge in [0.05, 0.1) is 24.7 Å². The summed E-state index contributed by atoms with van der Waals surface area (Å²) in [5.41, 5.74) is 1.03. The molecule has 0 aliphatic carbocycles. The zero-order chi connectivity index (χ0) is 18.8. The van der Waals surface area contributed by atoms with Crippen LogP contribution < -0.4 is 5.32 Å². The van der Waals surface area contributed by atoms with Crippen LogP contribution in [0.15, 0.2) is 23.4 Å². The fourth-order valence-electron chi connectivity index (χ4n) is 2.07. The van der Waals surface area contributed by atoms with Crippen molar-refractivity contribution in [3.8, 4) is 0 Å². The number of halogens is 3. The summed E-state index contributed by atoms with van der Waals surface area (Å²) in [5.74, 6) is -0.439. The topological polar surface area (TPSA) is 58.6 Å². The number of hydrogen-bond acceptors (Lipinski definition) is 3. The Balaban J connectivity index is 0.00000254. The monoisotopic (exact) mass is 350 g/mol. The number of morpholine rings is 1. The molecule has 0 aromatic heterocycles. The van der Waals surface area contributed by atoms with Crippen molar-refractivity contribution >= 4 is 12.3 Å². The summed E-state index contributed by atoms with van der Waals surface area (Å²) >= 11 is 0. The molecule has 1 heterocycles. The van der Waals surface area contributed by atoms with E-state index < -0.39 is 24.6 Å². The molecule has 1 aliphatic heterocycles. The van der Waals surface area contributed by atoms with Gasteiger partial charge in [-0.05, 0) is 19.9 Å². The largest absolute Gasteiger partial charge is 0.391 e. The molecule has 5 nitrogen and oxygen atoms in total. The lowest BCUT2D eigenvalue weighted by Gasteiger charge is -2.33. The Hall–Kier alpha value is -1.83. The minimum absolute atomic E-state index is 0.0513. The van der Waals surface area contributed by atoms with Crippen LogP contribution in [0.2, 0.25) is 0 Å². The summed E-state index contributed by atoms with van der Waals surface area (Å²) in [6.45, 7) is 7.67. The molecule has 1 rings (SSSR count). The number of alkyl halides is 3. The predicted octanol–water partition coefficient (Wildman–Crippen LogP) is 2.79. The van der Waals surface area contributed by atoms with Gasteiger partial charge in [-0.2, -0.15) is 13.2 Å². The Labute approximate surface area is 140 Å². The third-order valence-corrected chi connectivity index (χ3v) is 2.88. The molecule has 1 atom stereocenters. The molecule has 8 heteroatoms. The second kappa shape index (κ2) is 10.9. The van der Waals surface area contributed by atoms with E-state index in [0.29, 0.717) is 6.41 Å². The molecule has 138 valence electrons. The molecular formula is C16H25F3N2O3. The molecule has 24 heavy (non-hydrogen) atoms. The smallest absolute Gasteiger partial charge is 0.374 e. The molecular weight excluding hydrogens is 325 g/mol. The number of nitrogens with one attached hydrogen (secondary N) is 1. The van der Waals surface area contributed by atoms with Crippen molar-refractivity contribution < 1.29 is 27.5 Å². The Morgan fingerprint density at radius 3 is 2.46 bits per heavy atom. The van der Waals surface area contributed by atoms with Gasteiger partial charge in [0.25, 0.3) is 5.91 Å². The first-order chi connectivity index (χ1) is 11.2. The summed E-state index contributed by atoms with van der Waals surface area (Å²) in [6.07, 6.45) is -3.29. The van der Waals surface area contributed by atoms with E-state index >= 15 is 0 Å². The number of carbonyl (C=O) groups excluding carboxylic acids is 2. The van der Waals surface area contributed by atoms with Gasteiger partial charge >= 0.3 is 6.18 Å². The van der Waals surface area contributed by atoms with Crippen molar-refractivity contribution in [3.63, 3.8) is 0 Å². The number of allylic oxidation sites excluding steroid dienone is 1. The highest BCUT2D eigenvalue weighted by Gasteiger charge is 2.36. The van der Waals surface area contributed by atoms with Gasteiger partial charge in [0.2, 0.25) is 6.41 Å². The number of hydrogen-bond donors (Lipinski definition) is 1. The first-order valence-electron chi connectivity index (χ1n) is 7.75. The predicted molar refractivity (Wildman–Crippen MR) is 85.1 cm³/mol. The van der Waals surface area contributed by atoms with Crippen LogP contribution in [-0.4, -0.2) is 49.2 Å². The second-order valence-electron chi connectivity index (χ2n) is 5.17.